The molecule has 0 saturated carbocycles. The van der Waals surface area contributed by atoms with E-state index in [-0.39, 0.29) is 41.9 Å². The largest absolute Gasteiger partial charge is 2.00 e. The van der Waals surface area contributed by atoms with Crippen LogP contribution in [0.15, 0.2) is 0 Å². The fourth-order valence-corrected chi connectivity index (χ4v) is 0. The van der Waals surface area contributed by atoms with Gasteiger partial charge in [-0.1, -0.05) is 0 Å². The summed E-state index contributed by atoms with van der Waals surface area (Å²) < 4.78 is 0. The van der Waals surface area contributed by atoms with E-state index < -0.39 is 6.16 Å². The van der Waals surface area contributed by atoms with Gasteiger partial charge in [0.1, 0.15) is 0 Å². The van der Waals surface area contributed by atoms with E-state index in [1.54, 1.807) is 0 Å². The SMILES string of the molecule is O=C([O-])[O-].[Li+].[Mg+2]. The number of rotatable bonds is 0. The normalized spacial score (nSPS) is 4.00. The van der Waals surface area contributed by atoms with Gasteiger partial charge in [-0.05, 0) is 6.16 Å². The first kappa shape index (κ1) is 15.9. The fourth-order valence-electron chi connectivity index (χ4n) is 0. The molecule has 0 spiro atoms. The van der Waals surface area contributed by atoms with E-state index in [0.29, 0.717) is 0 Å². The van der Waals surface area contributed by atoms with Crippen molar-refractivity contribution in [2.75, 3.05) is 0 Å². The van der Waals surface area contributed by atoms with Crippen molar-refractivity contribution in [2.45, 2.75) is 0 Å². The molecule has 0 radical (unpaired) electrons. The molecule has 0 aliphatic heterocycles. The van der Waals surface area contributed by atoms with Gasteiger partial charge < -0.3 is 15.0 Å². The molecule has 0 fully saturated rings. The third-order valence-electron chi connectivity index (χ3n) is 0. The van der Waals surface area contributed by atoms with Crippen LogP contribution < -0.4 is 29.1 Å². The zero-order valence-electron chi connectivity index (χ0n) is 3.43. The predicted molar refractivity (Wildman–Crippen MR) is 11.1 cm³/mol. The van der Waals surface area contributed by atoms with Crippen molar-refractivity contribution >= 4 is 29.2 Å². The first-order valence-electron chi connectivity index (χ1n) is 0.612. The molecule has 0 aliphatic rings. The van der Waals surface area contributed by atoms with Crippen LogP contribution in [-0.4, -0.2) is 29.2 Å². The fraction of sp³-hybridized carbons (Fsp3) is 0. The average Bonchev–Trinajstić information content (AvgIpc) is 0.811. The van der Waals surface area contributed by atoms with Gasteiger partial charge >= 0.3 is 41.9 Å². The van der Waals surface area contributed by atoms with Crippen LogP contribution >= 0.6 is 0 Å². The van der Waals surface area contributed by atoms with Crippen LogP contribution in [0.25, 0.3) is 0 Å². The first-order valence-corrected chi connectivity index (χ1v) is 0.612. The smallest absolute Gasteiger partial charge is 0.652 e. The second-order valence-electron chi connectivity index (χ2n) is 0.250. The van der Waals surface area contributed by atoms with Crippen LogP contribution in [0.3, 0.4) is 0 Å². The standard InChI is InChI=1S/CH2O3.Li.Mg/c2-1(3)4;;/h(H2,2,3,4);;/q;+1;+2/p-2. The van der Waals surface area contributed by atoms with Crippen molar-refractivity contribution in [1.29, 1.82) is 0 Å². The van der Waals surface area contributed by atoms with Gasteiger partial charge in [0.05, 0.1) is 0 Å². The van der Waals surface area contributed by atoms with Gasteiger partial charge in [0.15, 0.2) is 0 Å². The van der Waals surface area contributed by atoms with Crippen LogP contribution in [0.5, 0.6) is 0 Å². The van der Waals surface area contributed by atoms with Crippen LogP contribution in [0.1, 0.15) is 0 Å². The number of carbonyl (C=O) groups is 1. The molecule has 0 bridgehead atoms. The number of hydrogen-bond acceptors (Lipinski definition) is 3. The van der Waals surface area contributed by atoms with Crippen molar-refractivity contribution in [3.63, 3.8) is 0 Å². The maximum absolute atomic E-state index is 8.33. The summed E-state index contributed by atoms with van der Waals surface area (Å²) in [6.07, 6.45) is -2.33. The Kier molecular flexibility index (Phi) is 24.3. The summed E-state index contributed by atoms with van der Waals surface area (Å²) >= 11 is 0. The third-order valence-corrected chi connectivity index (χ3v) is 0. The summed E-state index contributed by atoms with van der Waals surface area (Å²) in [5.74, 6) is 0. The molecule has 3 nitrogen and oxygen atoms in total. The van der Waals surface area contributed by atoms with E-state index in [4.69, 9.17) is 15.0 Å². The molecule has 0 aromatic rings. The average molecular weight is 91.3 g/mol. The summed E-state index contributed by atoms with van der Waals surface area (Å²) in [7, 11) is 0. The summed E-state index contributed by atoms with van der Waals surface area (Å²) in [5.41, 5.74) is 0. The zero-order chi connectivity index (χ0) is 3.58. The Balaban J connectivity index is -0.0000000450. The van der Waals surface area contributed by atoms with Crippen LogP contribution in [0, 0.1) is 0 Å². The van der Waals surface area contributed by atoms with Crippen molar-refractivity contribution in [3.8, 4) is 0 Å². The van der Waals surface area contributed by atoms with Gasteiger partial charge in [0, 0.05) is 0 Å². The molecule has 0 aliphatic carbocycles. The van der Waals surface area contributed by atoms with Gasteiger partial charge in [-0.2, -0.15) is 0 Å². The van der Waals surface area contributed by atoms with E-state index in [0.717, 1.165) is 0 Å². The van der Waals surface area contributed by atoms with E-state index in [1.807, 2.05) is 0 Å². The summed E-state index contributed by atoms with van der Waals surface area (Å²) in [4.78, 5) is 8.33. The first-order chi connectivity index (χ1) is 1.73. The minimum Gasteiger partial charge on any atom is -0.652 e. The van der Waals surface area contributed by atoms with Crippen LogP contribution in [-0.2, 0) is 0 Å². The molecular formula is CLiMgO3+. The minimum atomic E-state index is -2.33. The molecular weight excluding hydrogens is 91.3 g/mol. The van der Waals surface area contributed by atoms with Gasteiger partial charge in [-0.3, -0.25) is 0 Å². The van der Waals surface area contributed by atoms with Crippen molar-refractivity contribution in [2.24, 2.45) is 0 Å². The molecule has 0 atom stereocenters. The van der Waals surface area contributed by atoms with Crippen LogP contribution in [0.2, 0.25) is 0 Å². The van der Waals surface area contributed by atoms with Crippen LogP contribution in [0.4, 0.5) is 4.79 Å². The Morgan fingerprint density at radius 3 is 1.33 bits per heavy atom. The Labute approximate surface area is 63.1 Å². The maximum Gasteiger partial charge on any atom is 2.00 e. The van der Waals surface area contributed by atoms with E-state index in [1.165, 1.54) is 0 Å². The molecule has 0 heterocycles. The Morgan fingerprint density at radius 2 is 1.33 bits per heavy atom. The zero-order valence-corrected chi connectivity index (χ0v) is 4.85. The molecule has 0 saturated heterocycles. The molecule has 0 aromatic heterocycles. The minimum absolute atomic E-state index is 0. The van der Waals surface area contributed by atoms with Gasteiger partial charge in [0.2, 0.25) is 0 Å². The maximum atomic E-state index is 8.33. The second kappa shape index (κ2) is 9.16. The number of hydrogen-bond donors (Lipinski definition) is 0. The Morgan fingerprint density at radius 1 is 1.33 bits per heavy atom. The monoisotopic (exact) mass is 91.0 g/mol. The van der Waals surface area contributed by atoms with Gasteiger partial charge in [-0.25, -0.2) is 0 Å². The third kappa shape index (κ3) is 152. The van der Waals surface area contributed by atoms with Crippen molar-refractivity contribution in [3.05, 3.63) is 0 Å². The Hall–Kier alpha value is 0.634. The molecule has 0 rings (SSSR count). The predicted octanol–water partition coefficient (Wildman–Crippen LogP) is -5.82. The molecule has 24 valence electrons. The van der Waals surface area contributed by atoms with Crippen molar-refractivity contribution < 1.29 is 33.9 Å². The molecule has 0 amide bonds. The topological polar surface area (TPSA) is 63.2 Å². The summed E-state index contributed by atoms with van der Waals surface area (Å²) in [6, 6.07) is 0. The van der Waals surface area contributed by atoms with Gasteiger partial charge in [0.25, 0.3) is 0 Å². The number of carboxylic acid groups (broad SMARTS) is 2. The molecule has 0 aromatic carbocycles. The molecule has 0 unspecified atom stereocenters. The van der Waals surface area contributed by atoms with Crippen molar-refractivity contribution in [1.82, 2.24) is 0 Å². The van der Waals surface area contributed by atoms with E-state index in [9.17, 15) is 0 Å². The quantitative estimate of drug-likeness (QED) is 0.279. The van der Waals surface area contributed by atoms with E-state index >= 15 is 0 Å². The second-order valence-corrected chi connectivity index (χ2v) is 0.250. The molecule has 5 heteroatoms. The van der Waals surface area contributed by atoms with E-state index in [2.05, 4.69) is 0 Å². The summed E-state index contributed by atoms with van der Waals surface area (Å²) in [5, 5.41) is 16.7. The Bertz CT molecular complexity index is 33.8. The molecule has 6 heavy (non-hydrogen) atoms. The summed E-state index contributed by atoms with van der Waals surface area (Å²) in [6.45, 7) is 0. The molecule has 0 N–H and O–H groups in total. The van der Waals surface area contributed by atoms with Gasteiger partial charge in [-0.15, -0.1) is 0 Å². The number of carbonyl (C=O) groups excluding carboxylic acids is 1.